The maximum atomic E-state index is 14.0. The maximum Gasteiger partial charge on any atom is 0.275 e. The average molecular weight is 437 g/mol. The van der Waals surface area contributed by atoms with Crippen molar-refractivity contribution in [2.24, 2.45) is 5.73 Å². The summed E-state index contributed by atoms with van der Waals surface area (Å²) < 4.78 is 15.7. The number of rotatable bonds is 4. The van der Waals surface area contributed by atoms with E-state index in [4.69, 9.17) is 5.73 Å². The van der Waals surface area contributed by atoms with Gasteiger partial charge in [-0.25, -0.2) is 14.1 Å². The third-order valence-electron chi connectivity index (χ3n) is 5.47. The minimum atomic E-state index is -0.408. The molecule has 1 aliphatic rings. The fourth-order valence-corrected chi connectivity index (χ4v) is 4.57. The molecule has 2 aromatic carbocycles. The minimum Gasteiger partial charge on any atom is -0.370 e. The predicted octanol–water partition coefficient (Wildman–Crippen LogP) is 3.80. The Kier molecular flexibility index (Phi) is 5.13. The van der Waals surface area contributed by atoms with Gasteiger partial charge in [-0.3, -0.25) is 4.79 Å². The summed E-state index contributed by atoms with van der Waals surface area (Å²) in [4.78, 5) is 19.5. The molecule has 9 heteroatoms. The van der Waals surface area contributed by atoms with Gasteiger partial charge in [0.15, 0.2) is 0 Å². The van der Waals surface area contributed by atoms with Gasteiger partial charge in [0, 0.05) is 29.9 Å². The van der Waals surface area contributed by atoms with Crippen LogP contribution in [0.5, 0.6) is 0 Å². The van der Waals surface area contributed by atoms with E-state index in [0.717, 1.165) is 42.5 Å². The first kappa shape index (κ1) is 19.7. The van der Waals surface area contributed by atoms with Crippen LogP contribution in [0.25, 0.3) is 16.0 Å². The second kappa shape index (κ2) is 8.09. The Morgan fingerprint density at radius 2 is 2.00 bits per heavy atom. The smallest absolute Gasteiger partial charge is 0.275 e. The Bertz CT molecular complexity index is 1240. The van der Waals surface area contributed by atoms with Crippen molar-refractivity contribution >= 4 is 39.5 Å². The second-order valence-corrected chi connectivity index (χ2v) is 8.41. The molecule has 0 spiro atoms. The molecular formula is C22H21FN6OS. The Morgan fingerprint density at radius 1 is 1.19 bits per heavy atom. The number of carbonyl (C=O) groups is 1. The zero-order chi connectivity index (χ0) is 21.4. The van der Waals surface area contributed by atoms with E-state index in [1.165, 1.54) is 23.5 Å². The van der Waals surface area contributed by atoms with E-state index in [0.29, 0.717) is 10.8 Å². The van der Waals surface area contributed by atoms with Crippen LogP contribution in [-0.4, -0.2) is 39.8 Å². The first-order chi connectivity index (χ1) is 15.1. The van der Waals surface area contributed by atoms with Gasteiger partial charge in [-0.15, -0.1) is 11.3 Å². The highest BCUT2D eigenvalue weighted by molar-refractivity contribution is 7.12. The zero-order valence-electron chi connectivity index (χ0n) is 16.7. The van der Waals surface area contributed by atoms with Gasteiger partial charge in [-0.05, 0) is 37.1 Å². The first-order valence-corrected chi connectivity index (χ1v) is 11.0. The summed E-state index contributed by atoms with van der Waals surface area (Å²) in [7, 11) is 0. The van der Waals surface area contributed by atoms with Crippen LogP contribution in [0.1, 0.15) is 23.3 Å². The van der Waals surface area contributed by atoms with Crippen molar-refractivity contribution in [2.75, 3.05) is 23.3 Å². The lowest BCUT2D eigenvalue weighted by Crippen LogP contribution is -2.40. The van der Waals surface area contributed by atoms with Gasteiger partial charge in [0.05, 0.1) is 23.1 Å². The molecule has 0 radical (unpaired) electrons. The standard InChI is InChI=1S/C22H21FN6OS/c23-15-5-6-20(28-9-7-16(24)8-10-28)17(11-15)26-21(30)18-13-31-22(27-18)29-19-4-2-1-3-14(19)12-25-29/h1-6,11-13,16H,7-10,24H2,(H,26,30). The molecule has 1 fully saturated rings. The van der Waals surface area contributed by atoms with Gasteiger partial charge in [0.2, 0.25) is 5.13 Å². The van der Waals surface area contributed by atoms with Crippen molar-refractivity contribution in [3.63, 3.8) is 0 Å². The SMILES string of the molecule is NC1CCN(c2ccc(F)cc2NC(=O)c2csc(-n3ncc4ccccc43)n2)CC1. The van der Waals surface area contributed by atoms with E-state index in [9.17, 15) is 9.18 Å². The van der Waals surface area contributed by atoms with Crippen LogP contribution >= 0.6 is 11.3 Å². The van der Waals surface area contributed by atoms with E-state index in [-0.39, 0.29) is 17.6 Å². The molecule has 0 saturated carbocycles. The summed E-state index contributed by atoms with van der Waals surface area (Å²) in [6.45, 7) is 1.53. The summed E-state index contributed by atoms with van der Waals surface area (Å²) in [5.41, 5.74) is 8.39. The van der Waals surface area contributed by atoms with Crippen LogP contribution < -0.4 is 16.0 Å². The molecule has 5 rings (SSSR count). The number of thiazole rings is 1. The van der Waals surface area contributed by atoms with Crippen LogP contribution in [0, 0.1) is 5.82 Å². The number of halogens is 1. The molecule has 0 atom stereocenters. The Labute approximate surface area is 182 Å². The number of para-hydroxylation sites is 1. The predicted molar refractivity (Wildman–Crippen MR) is 121 cm³/mol. The summed E-state index contributed by atoms with van der Waals surface area (Å²) in [5, 5.41) is 10.5. The molecule has 0 aliphatic carbocycles. The van der Waals surface area contributed by atoms with Crippen LogP contribution in [0.15, 0.2) is 54.0 Å². The molecule has 7 nitrogen and oxygen atoms in total. The van der Waals surface area contributed by atoms with E-state index in [2.05, 4.69) is 20.3 Å². The number of aromatic nitrogens is 3. The summed E-state index contributed by atoms with van der Waals surface area (Å²) >= 11 is 1.33. The molecule has 0 unspecified atom stereocenters. The van der Waals surface area contributed by atoms with Gasteiger partial charge in [-0.2, -0.15) is 5.10 Å². The van der Waals surface area contributed by atoms with Crippen LogP contribution in [0.2, 0.25) is 0 Å². The molecule has 1 amide bonds. The normalized spacial score (nSPS) is 14.8. The van der Waals surface area contributed by atoms with Gasteiger partial charge < -0.3 is 16.0 Å². The monoisotopic (exact) mass is 436 g/mol. The number of fused-ring (bicyclic) bond motifs is 1. The highest BCUT2D eigenvalue weighted by atomic mass is 32.1. The van der Waals surface area contributed by atoms with E-state index in [1.54, 1.807) is 22.3 Å². The van der Waals surface area contributed by atoms with Crippen molar-refractivity contribution in [1.82, 2.24) is 14.8 Å². The topological polar surface area (TPSA) is 89.1 Å². The van der Waals surface area contributed by atoms with Crippen molar-refractivity contribution in [1.29, 1.82) is 0 Å². The molecule has 3 N–H and O–H groups in total. The minimum absolute atomic E-state index is 0.182. The number of benzene rings is 2. The number of hydrogen-bond donors (Lipinski definition) is 2. The molecule has 1 saturated heterocycles. The Morgan fingerprint density at radius 3 is 2.84 bits per heavy atom. The number of amides is 1. The van der Waals surface area contributed by atoms with Crippen LogP contribution in [0.3, 0.4) is 0 Å². The first-order valence-electron chi connectivity index (χ1n) is 10.1. The van der Waals surface area contributed by atoms with Crippen LogP contribution in [0.4, 0.5) is 15.8 Å². The second-order valence-electron chi connectivity index (χ2n) is 7.57. The third-order valence-corrected chi connectivity index (χ3v) is 6.29. The summed E-state index contributed by atoms with van der Waals surface area (Å²) in [6, 6.07) is 12.4. The largest absolute Gasteiger partial charge is 0.370 e. The number of nitrogens with two attached hydrogens (primary N) is 1. The number of anilines is 2. The highest BCUT2D eigenvalue weighted by Crippen LogP contribution is 2.30. The molecule has 158 valence electrons. The highest BCUT2D eigenvalue weighted by Gasteiger charge is 2.21. The fourth-order valence-electron chi connectivity index (χ4n) is 3.80. The number of piperidine rings is 1. The lowest BCUT2D eigenvalue weighted by molar-refractivity contribution is 0.102. The lowest BCUT2D eigenvalue weighted by Gasteiger charge is -2.33. The quantitative estimate of drug-likeness (QED) is 0.508. The molecule has 3 heterocycles. The number of carbonyl (C=O) groups excluding carboxylic acids is 1. The fraction of sp³-hybridized carbons (Fsp3) is 0.227. The molecule has 31 heavy (non-hydrogen) atoms. The summed E-state index contributed by atoms with van der Waals surface area (Å²) in [6.07, 6.45) is 3.48. The molecular weight excluding hydrogens is 415 g/mol. The van der Waals surface area contributed by atoms with E-state index >= 15 is 0 Å². The number of nitrogens with zero attached hydrogens (tertiary/aromatic N) is 4. The number of hydrogen-bond acceptors (Lipinski definition) is 6. The van der Waals surface area contributed by atoms with Crippen molar-refractivity contribution in [3.05, 3.63) is 65.6 Å². The van der Waals surface area contributed by atoms with Crippen molar-refractivity contribution in [3.8, 4) is 5.13 Å². The Balaban J connectivity index is 1.39. The zero-order valence-corrected chi connectivity index (χ0v) is 17.5. The van der Waals surface area contributed by atoms with Gasteiger partial charge in [-0.1, -0.05) is 18.2 Å². The van der Waals surface area contributed by atoms with Crippen molar-refractivity contribution < 1.29 is 9.18 Å². The maximum absolute atomic E-state index is 14.0. The van der Waals surface area contributed by atoms with E-state index < -0.39 is 5.82 Å². The van der Waals surface area contributed by atoms with Gasteiger partial charge in [0.25, 0.3) is 5.91 Å². The number of nitrogens with one attached hydrogen (secondary N) is 1. The van der Waals surface area contributed by atoms with E-state index in [1.807, 2.05) is 24.3 Å². The third kappa shape index (κ3) is 3.89. The molecule has 4 aromatic rings. The van der Waals surface area contributed by atoms with Gasteiger partial charge >= 0.3 is 0 Å². The molecule has 0 bridgehead atoms. The summed E-state index contributed by atoms with van der Waals surface area (Å²) in [5.74, 6) is -0.797. The van der Waals surface area contributed by atoms with Crippen LogP contribution in [-0.2, 0) is 0 Å². The molecule has 2 aromatic heterocycles. The van der Waals surface area contributed by atoms with Crippen molar-refractivity contribution in [2.45, 2.75) is 18.9 Å². The molecule has 1 aliphatic heterocycles. The van der Waals surface area contributed by atoms with Gasteiger partial charge in [0.1, 0.15) is 11.5 Å². The lowest BCUT2D eigenvalue weighted by atomic mass is 10.0. The Hall–Kier alpha value is -3.30. The average Bonchev–Trinajstić information content (AvgIpc) is 3.42.